The number of thioether (sulfide) groups is 1. The second-order valence-corrected chi connectivity index (χ2v) is 9.92. The van der Waals surface area contributed by atoms with Gasteiger partial charge in [0, 0.05) is 24.7 Å². The summed E-state index contributed by atoms with van der Waals surface area (Å²) in [5, 5.41) is 0. The Kier molecular flexibility index (Phi) is 5.24. The molecule has 2 aliphatic rings. The van der Waals surface area contributed by atoms with E-state index in [1.807, 2.05) is 91.0 Å². The van der Waals surface area contributed by atoms with Gasteiger partial charge in [-0.3, -0.25) is 14.5 Å². The van der Waals surface area contributed by atoms with Crippen LogP contribution in [0.15, 0.2) is 91.0 Å². The van der Waals surface area contributed by atoms with Gasteiger partial charge >= 0.3 is 0 Å². The summed E-state index contributed by atoms with van der Waals surface area (Å²) in [4.78, 5) is 28.9. The summed E-state index contributed by atoms with van der Waals surface area (Å²) in [7, 11) is 0. The van der Waals surface area contributed by atoms with Crippen molar-refractivity contribution in [2.75, 3.05) is 4.90 Å². The molecule has 1 heterocycles. The van der Waals surface area contributed by atoms with E-state index in [1.165, 1.54) is 11.8 Å². The molecule has 1 saturated heterocycles. The Morgan fingerprint density at radius 3 is 1.68 bits per heavy atom. The third kappa shape index (κ3) is 3.33. The van der Waals surface area contributed by atoms with Crippen LogP contribution in [0.5, 0.6) is 0 Å². The van der Waals surface area contributed by atoms with Gasteiger partial charge in [-0.1, -0.05) is 103 Å². The second-order valence-electron chi connectivity index (χ2n) is 8.01. The summed E-state index contributed by atoms with van der Waals surface area (Å²) in [5.74, 6) is -0.330. The largest absolute Gasteiger partial charge is 0.300 e. The Bertz CT molecular complexity index is 1080. The fourth-order valence-corrected chi connectivity index (χ4v) is 6.99. The van der Waals surface area contributed by atoms with Crippen molar-refractivity contribution >= 4 is 45.7 Å². The first kappa shape index (κ1) is 20.2. The molecule has 0 unspecified atom stereocenters. The molecule has 5 rings (SSSR count). The number of rotatable bonds is 3. The van der Waals surface area contributed by atoms with E-state index in [2.05, 4.69) is 0 Å². The van der Waals surface area contributed by atoms with Crippen molar-refractivity contribution in [1.29, 1.82) is 0 Å². The normalized spacial score (nSPS) is 22.8. The average molecular weight is 444 g/mol. The van der Waals surface area contributed by atoms with E-state index < -0.39 is 4.75 Å². The van der Waals surface area contributed by atoms with Crippen LogP contribution in [-0.2, 0) is 9.59 Å². The number of hydrogen-bond donors (Lipinski definition) is 0. The number of benzene rings is 3. The number of amides is 1. The minimum Gasteiger partial charge on any atom is -0.300 e. The molecular formula is C26H21NO2S2. The Morgan fingerprint density at radius 2 is 1.19 bits per heavy atom. The lowest BCUT2D eigenvalue weighted by Crippen LogP contribution is -2.52. The first-order valence-corrected chi connectivity index (χ1v) is 11.6. The van der Waals surface area contributed by atoms with E-state index in [4.69, 9.17) is 12.2 Å². The summed E-state index contributed by atoms with van der Waals surface area (Å²) < 4.78 is -0.309. The molecule has 1 amide bonds. The van der Waals surface area contributed by atoms with E-state index in [-0.39, 0.29) is 23.5 Å². The third-order valence-corrected chi connectivity index (χ3v) is 8.16. The van der Waals surface area contributed by atoms with Gasteiger partial charge in [0.1, 0.15) is 14.9 Å². The molecule has 1 saturated carbocycles. The number of carbonyl (C=O) groups is 2. The molecule has 154 valence electrons. The maximum absolute atomic E-state index is 14.3. The van der Waals surface area contributed by atoms with Gasteiger partial charge in [0.05, 0.1) is 5.69 Å². The quantitative estimate of drug-likeness (QED) is 0.485. The number of carbonyl (C=O) groups excluding carboxylic acids is 2. The first-order chi connectivity index (χ1) is 15.1. The standard InChI is InChI=1S/C26H21NO2S2/c28-21-16-22(18-10-4-1-5-11-18)26(23(17-21)19-12-6-2-7-13-19)24(29)27(25(30)31-26)20-14-8-3-9-15-20/h1-15,22-23H,16-17H2/t22-,23-/m1/s1. The van der Waals surface area contributed by atoms with Crippen LogP contribution in [-0.4, -0.2) is 20.8 Å². The van der Waals surface area contributed by atoms with Gasteiger partial charge in [-0.05, 0) is 23.3 Å². The number of ketones is 1. The van der Waals surface area contributed by atoms with Crippen LogP contribution in [0.2, 0.25) is 0 Å². The van der Waals surface area contributed by atoms with E-state index in [0.29, 0.717) is 17.2 Å². The second kappa shape index (κ2) is 8.06. The van der Waals surface area contributed by atoms with Crippen LogP contribution in [0.1, 0.15) is 35.8 Å². The van der Waals surface area contributed by atoms with Crippen LogP contribution >= 0.6 is 24.0 Å². The molecule has 1 spiro atoms. The topological polar surface area (TPSA) is 37.4 Å². The predicted molar refractivity (Wildman–Crippen MR) is 129 cm³/mol. The van der Waals surface area contributed by atoms with Crippen molar-refractivity contribution in [3.8, 4) is 0 Å². The summed E-state index contributed by atoms with van der Waals surface area (Å²) >= 11 is 7.23. The molecular weight excluding hydrogens is 422 g/mol. The zero-order chi connectivity index (χ0) is 21.4. The van der Waals surface area contributed by atoms with E-state index in [9.17, 15) is 9.59 Å². The molecule has 2 fully saturated rings. The van der Waals surface area contributed by atoms with Gasteiger partial charge in [0.2, 0.25) is 0 Å². The zero-order valence-corrected chi connectivity index (χ0v) is 18.4. The molecule has 3 aromatic rings. The summed E-state index contributed by atoms with van der Waals surface area (Å²) in [6, 6.07) is 29.5. The smallest absolute Gasteiger partial charge is 0.250 e. The number of para-hydroxylation sites is 1. The number of nitrogens with zero attached hydrogens (tertiary/aromatic N) is 1. The maximum atomic E-state index is 14.3. The fraction of sp³-hybridized carbons (Fsp3) is 0.192. The highest BCUT2D eigenvalue weighted by atomic mass is 32.2. The molecule has 1 aliphatic heterocycles. The Labute approximate surface area is 191 Å². The Hall–Kier alpha value is -2.76. The maximum Gasteiger partial charge on any atom is 0.250 e. The van der Waals surface area contributed by atoms with Gasteiger partial charge in [-0.15, -0.1) is 0 Å². The number of thiocarbonyl (C=S) groups is 1. The Morgan fingerprint density at radius 1 is 0.742 bits per heavy atom. The minimum atomic E-state index is -0.858. The average Bonchev–Trinajstić information content (AvgIpc) is 3.07. The van der Waals surface area contributed by atoms with Crippen LogP contribution in [0.25, 0.3) is 0 Å². The van der Waals surface area contributed by atoms with Crippen molar-refractivity contribution in [1.82, 2.24) is 0 Å². The van der Waals surface area contributed by atoms with Crippen LogP contribution in [0.4, 0.5) is 5.69 Å². The number of Topliss-reactive ketones (excluding diaryl/α,β-unsaturated/α-hetero) is 1. The molecule has 1 aliphatic carbocycles. The van der Waals surface area contributed by atoms with E-state index in [1.54, 1.807) is 4.90 Å². The zero-order valence-electron chi connectivity index (χ0n) is 16.8. The lowest BCUT2D eigenvalue weighted by atomic mass is 9.65. The lowest BCUT2D eigenvalue weighted by molar-refractivity contribution is -0.126. The molecule has 0 bridgehead atoms. The molecule has 0 radical (unpaired) electrons. The molecule has 3 aromatic carbocycles. The van der Waals surface area contributed by atoms with Gasteiger partial charge < -0.3 is 0 Å². The third-order valence-electron chi connectivity index (χ3n) is 6.29. The fourth-order valence-electron chi connectivity index (χ4n) is 4.92. The predicted octanol–water partition coefficient (Wildman–Crippen LogP) is 5.72. The highest BCUT2D eigenvalue weighted by molar-refractivity contribution is 8.25. The van der Waals surface area contributed by atoms with Crippen LogP contribution in [0.3, 0.4) is 0 Å². The highest BCUT2D eigenvalue weighted by Crippen LogP contribution is 2.60. The van der Waals surface area contributed by atoms with E-state index >= 15 is 0 Å². The lowest BCUT2D eigenvalue weighted by Gasteiger charge is -2.44. The highest BCUT2D eigenvalue weighted by Gasteiger charge is 2.63. The SMILES string of the molecule is O=C1C[C@H](c2ccccc2)C2(SC(=S)N(c3ccccc3)C2=O)[C@@H](c2ccccc2)C1. The van der Waals surface area contributed by atoms with Gasteiger partial charge in [-0.2, -0.15) is 0 Å². The molecule has 0 aromatic heterocycles. The molecule has 5 heteroatoms. The number of hydrogen-bond acceptors (Lipinski definition) is 4. The van der Waals surface area contributed by atoms with Crippen molar-refractivity contribution < 1.29 is 9.59 Å². The van der Waals surface area contributed by atoms with Crippen molar-refractivity contribution in [3.63, 3.8) is 0 Å². The van der Waals surface area contributed by atoms with Crippen molar-refractivity contribution in [2.45, 2.75) is 29.4 Å². The first-order valence-electron chi connectivity index (χ1n) is 10.4. The number of anilines is 1. The van der Waals surface area contributed by atoms with Gasteiger partial charge in [0.15, 0.2) is 0 Å². The molecule has 0 N–H and O–H groups in total. The van der Waals surface area contributed by atoms with E-state index in [0.717, 1.165) is 16.8 Å². The van der Waals surface area contributed by atoms with Gasteiger partial charge in [-0.25, -0.2) is 0 Å². The monoisotopic (exact) mass is 443 g/mol. The van der Waals surface area contributed by atoms with Crippen molar-refractivity contribution in [2.24, 2.45) is 0 Å². The minimum absolute atomic E-state index is 0.0242. The summed E-state index contributed by atoms with van der Waals surface area (Å²) in [6.45, 7) is 0. The Balaban J connectivity index is 1.71. The summed E-state index contributed by atoms with van der Waals surface area (Å²) in [5.41, 5.74) is 2.79. The van der Waals surface area contributed by atoms with Crippen LogP contribution < -0.4 is 4.90 Å². The molecule has 3 nitrogen and oxygen atoms in total. The summed E-state index contributed by atoms with van der Waals surface area (Å²) in [6.07, 6.45) is 0.689. The van der Waals surface area contributed by atoms with Crippen LogP contribution in [0, 0.1) is 0 Å². The van der Waals surface area contributed by atoms with Crippen molar-refractivity contribution in [3.05, 3.63) is 102 Å². The van der Waals surface area contributed by atoms with Gasteiger partial charge in [0.25, 0.3) is 5.91 Å². The molecule has 31 heavy (non-hydrogen) atoms. The molecule has 2 atom stereocenters.